The van der Waals surface area contributed by atoms with Crippen LogP contribution in [0.1, 0.15) is 91.0 Å². The number of fused-ring (bicyclic) bond motifs is 2. The molecule has 2 aromatic rings. The van der Waals surface area contributed by atoms with E-state index in [0.717, 1.165) is 55.4 Å². The Balaban J connectivity index is 1.25. The lowest BCUT2D eigenvalue weighted by Crippen LogP contribution is -2.43. The number of hydrogen-bond donors (Lipinski definition) is 3. The maximum absolute atomic E-state index is 13.2. The topological polar surface area (TPSA) is 106 Å². The van der Waals surface area contributed by atoms with Crippen molar-refractivity contribution in [3.8, 4) is 5.75 Å². The predicted molar refractivity (Wildman–Crippen MR) is 140 cm³/mol. The van der Waals surface area contributed by atoms with Crippen molar-refractivity contribution in [3.05, 3.63) is 64.2 Å². The van der Waals surface area contributed by atoms with Gasteiger partial charge in [0.05, 0.1) is 12.1 Å². The molecule has 7 nitrogen and oxygen atoms in total. The molecule has 4 N–H and O–H groups in total. The zero-order chi connectivity index (χ0) is 25.3. The van der Waals surface area contributed by atoms with Crippen molar-refractivity contribution in [1.82, 2.24) is 10.6 Å². The number of aryl methyl sites for hydroxylation is 3. The van der Waals surface area contributed by atoms with Crippen molar-refractivity contribution in [2.75, 3.05) is 0 Å². The fourth-order valence-corrected chi connectivity index (χ4v) is 5.70. The number of amides is 2. The zero-order valence-corrected chi connectivity index (χ0v) is 21.2. The van der Waals surface area contributed by atoms with Crippen LogP contribution in [0.25, 0.3) is 0 Å². The lowest BCUT2D eigenvalue weighted by Gasteiger charge is -2.38. The van der Waals surface area contributed by atoms with Gasteiger partial charge < -0.3 is 15.8 Å². The van der Waals surface area contributed by atoms with Crippen molar-refractivity contribution in [1.29, 1.82) is 0 Å². The van der Waals surface area contributed by atoms with Crippen molar-refractivity contribution in [2.24, 2.45) is 10.7 Å². The van der Waals surface area contributed by atoms with Gasteiger partial charge in [-0.3, -0.25) is 14.9 Å². The van der Waals surface area contributed by atoms with Crippen LogP contribution in [0.15, 0.2) is 41.4 Å². The smallest absolute Gasteiger partial charge is 0.251 e. The highest BCUT2D eigenvalue weighted by molar-refractivity contribution is 5.98. The molecule has 0 saturated carbocycles. The van der Waals surface area contributed by atoms with Gasteiger partial charge in [0.15, 0.2) is 5.96 Å². The number of aliphatic imine (C=N–C) groups is 1. The number of nitrogens with zero attached hydrogens (tertiary/aromatic N) is 1. The summed E-state index contributed by atoms with van der Waals surface area (Å²) in [6, 6.07) is 12.3. The summed E-state index contributed by atoms with van der Waals surface area (Å²) in [7, 11) is 0. The van der Waals surface area contributed by atoms with Gasteiger partial charge in [-0.25, -0.2) is 4.99 Å². The monoisotopic (exact) mass is 488 g/mol. The maximum Gasteiger partial charge on any atom is 0.251 e. The number of benzene rings is 2. The third-order valence-corrected chi connectivity index (χ3v) is 7.46. The number of rotatable bonds is 7. The highest BCUT2D eigenvalue weighted by Crippen LogP contribution is 2.40. The molecule has 0 saturated heterocycles. The summed E-state index contributed by atoms with van der Waals surface area (Å²) in [4.78, 5) is 29.2. The summed E-state index contributed by atoms with van der Waals surface area (Å²) in [5.41, 5.74) is 11.0. The first-order valence-corrected chi connectivity index (χ1v) is 13.1. The Bertz CT molecular complexity index is 1200. The van der Waals surface area contributed by atoms with Crippen LogP contribution >= 0.6 is 0 Å². The lowest BCUT2D eigenvalue weighted by atomic mass is 9.88. The number of unbranched alkanes of at least 4 members (excludes halogenated alkanes) is 1. The number of nitrogens with one attached hydrogen (secondary N) is 2. The minimum atomic E-state index is -0.362. The van der Waals surface area contributed by atoms with Gasteiger partial charge in [-0.15, -0.1) is 0 Å². The van der Waals surface area contributed by atoms with E-state index >= 15 is 0 Å². The van der Waals surface area contributed by atoms with Crippen LogP contribution in [-0.4, -0.2) is 29.4 Å². The minimum Gasteiger partial charge on any atom is -0.487 e. The Morgan fingerprint density at radius 1 is 1.17 bits per heavy atom. The van der Waals surface area contributed by atoms with Gasteiger partial charge >= 0.3 is 0 Å². The van der Waals surface area contributed by atoms with Crippen molar-refractivity contribution in [3.63, 3.8) is 0 Å². The molecule has 0 fully saturated rings. The average molecular weight is 489 g/mol. The number of guanidine groups is 1. The summed E-state index contributed by atoms with van der Waals surface area (Å²) in [5, 5.41) is 5.85. The van der Waals surface area contributed by atoms with E-state index in [1.54, 1.807) is 0 Å². The Kier molecular flexibility index (Phi) is 6.73. The SMILES string of the molecule is CC1(C)CC(NC(=O)c2ccc3c(c2)CCC3)c2cc(CCCCC3CC(=O)NC(N)=N3)ccc2O1. The molecule has 2 heterocycles. The van der Waals surface area contributed by atoms with Crippen LogP contribution in [-0.2, 0) is 24.1 Å². The van der Waals surface area contributed by atoms with Crippen LogP contribution in [0.5, 0.6) is 5.75 Å². The van der Waals surface area contributed by atoms with Crippen LogP contribution in [0, 0.1) is 0 Å². The van der Waals surface area contributed by atoms with E-state index in [-0.39, 0.29) is 35.5 Å². The second kappa shape index (κ2) is 9.96. The van der Waals surface area contributed by atoms with Crippen molar-refractivity contribution < 1.29 is 14.3 Å². The molecule has 190 valence electrons. The fourth-order valence-electron chi connectivity index (χ4n) is 5.70. The fraction of sp³-hybridized carbons (Fsp3) is 0.483. The largest absolute Gasteiger partial charge is 0.487 e. The molecular weight excluding hydrogens is 452 g/mol. The summed E-state index contributed by atoms with van der Waals surface area (Å²) >= 11 is 0. The summed E-state index contributed by atoms with van der Waals surface area (Å²) < 4.78 is 6.26. The normalized spacial score (nSPS) is 22.1. The van der Waals surface area contributed by atoms with Crippen molar-refractivity contribution >= 4 is 17.8 Å². The second-order valence-corrected chi connectivity index (χ2v) is 11.0. The molecule has 0 radical (unpaired) electrons. The van der Waals surface area contributed by atoms with Gasteiger partial charge in [-0.1, -0.05) is 24.6 Å². The lowest BCUT2D eigenvalue weighted by molar-refractivity contribution is -0.120. The van der Waals surface area contributed by atoms with Crippen LogP contribution in [0.4, 0.5) is 0 Å². The molecule has 3 aliphatic rings. The Morgan fingerprint density at radius 2 is 2.00 bits per heavy atom. The number of nitrogens with two attached hydrogens (primary N) is 1. The highest BCUT2D eigenvalue weighted by atomic mass is 16.5. The second-order valence-electron chi connectivity index (χ2n) is 11.0. The molecule has 1 aliphatic carbocycles. The van der Waals surface area contributed by atoms with Gasteiger partial charge in [-0.05, 0) is 87.3 Å². The molecular formula is C29H36N4O3. The molecule has 7 heteroatoms. The summed E-state index contributed by atoms with van der Waals surface area (Å²) in [6.07, 6.45) is 8.16. The molecule has 2 unspecified atom stereocenters. The van der Waals surface area contributed by atoms with Crippen molar-refractivity contribution in [2.45, 2.75) is 89.3 Å². The van der Waals surface area contributed by atoms with E-state index < -0.39 is 0 Å². The van der Waals surface area contributed by atoms with Gasteiger partial charge in [0.2, 0.25) is 5.91 Å². The minimum absolute atomic E-state index is 0.0277. The molecule has 5 rings (SSSR count). The molecule has 2 amide bonds. The third-order valence-electron chi connectivity index (χ3n) is 7.46. The number of hydrogen-bond acceptors (Lipinski definition) is 5. The van der Waals surface area contributed by atoms with Crippen LogP contribution in [0.2, 0.25) is 0 Å². The van der Waals surface area contributed by atoms with Gasteiger partial charge in [-0.2, -0.15) is 0 Å². The summed E-state index contributed by atoms with van der Waals surface area (Å²) in [5.74, 6) is 0.979. The first-order valence-electron chi connectivity index (χ1n) is 13.1. The standard InChI is InChI=1S/C29H36N4O3/c1-29(2)17-24(32-27(35)21-12-11-19-7-5-8-20(19)15-21)23-14-18(10-13-25(23)36-29)6-3-4-9-22-16-26(34)33-28(30)31-22/h10-15,22,24H,3-9,16-17H2,1-2H3,(H,32,35)(H3,30,31,33,34). The quantitative estimate of drug-likeness (QED) is 0.510. The third kappa shape index (κ3) is 5.55. The molecule has 2 aliphatic heterocycles. The molecule has 2 aromatic carbocycles. The van der Waals surface area contributed by atoms with Crippen LogP contribution < -0.4 is 21.1 Å². The van der Waals surface area contributed by atoms with E-state index in [4.69, 9.17) is 10.5 Å². The number of ether oxygens (including phenoxy) is 1. The Hall–Kier alpha value is -3.35. The van der Waals surface area contributed by atoms with Gasteiger partial charge in [0.25, 0.3) is 5.91 Å². The van der Waals surface area contributed by atoms with Gasteiger partial charge in [0, 0.05) is 24.0 Å². The maximum atomic E-state index is 13.2. The predicted octanol–water partition coefficient (Wildman–Crippen LogP) is 4.12. The average Bonchev–Trinajstić information content (AvgIpc) is 3.29. The van der Waals surface area contributed by atoms with E-state index in [0.29, 0.717) is 12.8 Å². The van der Waals surface area contributed by atoms with E-state index in [2.05, 4.69) is 53.7 Å². The number of carbonyl (C=O) groups is 2. The Labute approximate surface area is 212 Å². The molecule has 0 bridgehead atoms. The number of carbonyl (C=O) groups excluding carboxylic acids is 2. The molecule has 0 aromatic heterocycles. The highest BCUT2D eigenvalue weighted by Gasteiger charge is 2.35. The zero-order valence-electron chi connectivity index (χ0n) is 21.2. The van der Waals surface area contributed by atoms with E-state index in [1.807, 2.05) is 12.1 Å². The summed E-state index contributed by atoms with van der Waals surface area (Å²) in [6.45, 7) is 4.14. The molecule has 0 spiro atoms. The van der Waals surface area contributed by atoms with E-state index in [1.165, 1.54) is 23.1 Å². The van der Waals surface area contributed by atoms with Crippen LogP contribution in [0.3, 0.4) is 0 Å². The first-order chi connectivity index (χ1) is 17.3. The van der Waals surface area contributed by atoms with E-state index in [9.17, 15) is 9.59 Å². The first kappa shape index (κ1) is 24.3. The molecule has 36 heavy (non-hydrogen) atoms. The van der Waals surface area contributed by atoms with Gasteiger partial charge in [0.1, 0.15) is 11.4 Å². The molecule has 2 atom stereocenters. The Morgan fingerprint density at radius 3 is 2.83 bits per heavy atom.